The maximum Gasteiger partial charge on any atom is 0.160 e. The number of hydrogen-bond acceptors (Lipinski definition) is 1. The topological polar surface area (TPSA) is 17.1 Å². The molecule has 0 aliphatic rings. The minimum Gasteiger partial charge on any atom is -0.294 e. The first-order chi connectivity index (χ1) is 5.52. The van der Waals surface area contributed by atoms with Crippen LogP contribution in [0, 0.1) is 10.5 Å². The minimum atomic E-state index is 0.117. The van der Waals surface area contributed by atoms with Gasteiger partial charge in [-0.2, -0.15) is 0 Å². The van der Waals surface area contributed by atoms with Crippen molar-refractivity contribution in [3.63, 3.8) is 0 Å². The second-order valence-electron chi connectivity index (χ2n) is 2.62. The van der Waals surface area contributed by atoms with Gasteiger partial charge in [0.15, 0.2) is 5.78 Å². The fourth-order valence-electron chi connectivity index (χ4n) is 1.01. The molecular formula is C9H8BrIO. The summed E-state index contributed by atoms with van der Waals surface area (Å²) in [6, 6.07) is 3.86. The van der Waals surface area contributed by atoms with Crippen LogP contribution in [0.1, 0.15) is 22.8 Å². The minimum absolute atomic E-state index is 0.117. The van der Waals surface area contributed by atoms with Crippen molar-refractivity contribution in [2.45, 2.75) is 13.8 Å². The fourth-order valence-corrected chi connectivity index (χ4v) is 2.52. The van der Waals surface area contributed by atoms with E-state index in [0.29, 0.717) is 0 Å². The van der Waals surface area contributed by atoms with Crippen molar-refractivity contribution in [3.8, 4) is 0 Å². The Morgan fingerprint density at radius 3 is 2.58 bits per heavy atom. The summed E-state index contributed by atoms with van der Waals surface area (Å²) in [5.74, 6) is 0.117. The predicted octanol–water partition coefficient (Wildman–Crippen LogP) is 3.56. The molecule has 0 unspecified atom stereocenters. The van der Waals surface area contributed by atoms with Crippen molar-refractivity contribution in [1.82, 2.24) is 0 Å². The molecule has 0 N–H and O–H groups in total. The van der Waals surface area contributed by atoms with Gasteiger partial charge in [-0.25, -0.2) is 0 Å². The van der Waals surface area contributed by atoms with Crippen LogP contribution in [0.4, 0.5) is 0 Å². The molecule has 0 fully saturated rings. The molecule has 1 aromatic rings. The van der Waals surface area contributed by atoms with Gasteiger partial charge in [-0.05, 0) is 54.1 Å². The van der Waals surface area contributed by atoms with E-state index in [4.69, 9.17) is 0 Å². The molecule has 0 heterocycles. The van der Waals surface area contributed by atoms with Crippen LogP contribution in [0.15, 0.2) is 16.6 Å². The number of rotatable bonds is 1. The van der Waals surface area contributed by atoms with Crippen molar-refractivity contribution in [2.24, 2.45) is 0 Å². The summed E-state index contributed by atoms with van der Waals surface area (Å²) < 4.78 is 2.08. The third-order valence-corrected chi connectivity index (χ3v) is 3.27. The lowest BCUT2D eigenvalue weighted by Gasteiger charge is -2.04. The number of carbonyl (C=O) groups excluding carboxylic acids is 1. The first-order valence-electron chi connectivity index (χ1n) is 3.49. The van der Waals surface area contributed by atoms with E-state index in [1.165, 1.54) is 0 Å². The van der Waals surface area contributed by atoms with Gasteiger partial charge in [0.1, 0.15) is 0 Å². The van der Waals surface area contributed by atoms with E-state index < -0.39 is 0 Å². The molecule has 0 aliphatic heterocycles. The van der Waals surface area contributed by atoms with E-state index in [9.17, 15) is 4.79 Å². The molecule has 0 saturated carbocycles. The average Bonchev–Trinajstić information content (AvgIpc) is 1.96. The van der Waals surface area contributed by atoms with Crippen LogP contribution in [-0.2, 0) is 0 Å². The fraction of sp³-hybridized carbons (Fsp3) is 0.222. The molecule has 1 nitrogen and oxygen atoms in total. The molecular weight excluding hydrogens is 331 g/mol. The highest BCUT2D eigenvalue weighted by atomic mass is 127. The van der Waals surface area contributed by atoms with Gasteiger partial charge in [-0.15, -0.1) is 0 Å². The highest BCUT2D eigenvalue weighted by Crippen LogP contribution is 2.22. The maximum atomic E-state index is 11.1. The zero-order valence-corrected chi connectivity index (χ0v) is 10.6. The number of Topliss-reactive ketones (excluding diaryl/α,β-unsaturated/α-hetero) is 1. The smallest absolute Gasteiger partial charge is 0.160 e. The summed E-state index contributed by atoms with van der Waals surface area (Å²) in [6.07, 6.45) is 0. The molecule has 0 aliphatic carbocycles. The van der Waals surface area contributed by atoms with Crippen molar-refractivity contribution in [2.75, 3.05) is 0 Å². The number of benzene rings is 1. The average molecular weight is 339 g/mol. The summed E-state index contributed by atoms with van der Waals surface area (Å²) in [6.45, 7) is 3.55. The van der Waals surface area contributed by atoms with Gasteiger partial charge in [0.2, 0.25) is 0 Å². The Bertz CT molecular complexity index is 334. The van der Waals surface area contributed by atoms with Gasteiger partial charge in [0.25, 0.3) is 0 Å². The Labute approximate surface area is 93.8 Å². The van der Waals surface area contributed by atoms with Crippen LogP contribution < -0.4 is 0 Å². The first-order valence-corrected chi connectivity index (χ1v) is 5.36. The van der Waals surface area contributed by atoms with Crippen LogP contribution in [0.3, 0.4) is 0 Å². The lowest BCUT2D eigenvalue weighted by atomic mass is 10.1. The van der Waals surface area contributed by atoms with E-state index in [1.54, 1.807) is 6.92 Å². The van der Waals surface area contributed by atoms with E-state index in [-0.39, 0.29) is 5.78 Å². The van der Waals surface area contributed by atoms with Crippen molar-refractivity contribution < 1.29 is 4.79 Å². The van der Waals surface area contributed by atoms with Crippen molar-refractivity contribution in [1.29, 1.82) is 0 Å². The summed E-state index contributed by atoms with van der Waals surface area (Å²) in [5.41, 5.74) is 1.86. The number of hydrogen-bond donors (Lipinski definition) is 0. The first kappa shape index (κ1) is 10.2. The van der Waals surface area contributed by atoms with Gasteiger partial charge in [0.05, 0.1) is 0 Å². The molecule has 1 rings (SSSR count). The van der Waals surface area contributed by atoms with Crippen LogP contribution in [0.25, 0.3) is 0 Å². The zero-order chi connectivity index (χ0) is 9.30. The van der Waals surface area contributed by atoms with Gasteiger partial charge in [-0.3, -0.25) is 4.79 Å². The lowest BCUT2D eigenvalue weighted by molar-refractivity contribution is 0.101. The third kappa shape index (κ3) is 2.07. The zero-order valence-electron chi connectivity index (χ0n) is 6.82. The molecule has 3 heteroatoms. The maximum absolute atomic E-state index is 11.1. The number of ketones is 1. The molecule has 0 spiro atoms. The highest BCUT2D eigenvalue weighted by Gasteiger charge is 2.07. The Morgan fingerprint density at radius 2 is 2.08 bits per heavy atom. The molecule has 0 amide bonds. The van der Waals surface area contributed by atoms with Gasteiger partial charge in [-0.1, -0.05) is 15.9 Å². The van der Waals surface area contributed by atoms with E-state index in [0.717, 1.165) is 19.2 Å². The third-order valence-electron chi connectivity index (χ3n) is 1.69. The molecule has 0 bridgehead atoms. The summed E-state index contributed by atoms with van der Waals surface area (Å²) in [4.78, 5) is 11.1. The molecule has 0 radical (unpaired) electrons. The predicted molar refractivity (Wildman–Crippen MR) is 61.6 cm³/mol. The Kier molecular flexibility index (Phi) is 3.29. The van der Waals surface area contributed by atoms with Crippen LogP contribution >= 0.6 is 38.5 Å². The van der Waals surface area contributed by atoms with Crippen LogP contribution in [0.5, 0.6) is 0 Å². The van der Waals surface area contributed by atoms with Gasteiger partial charge >= 0.3 is 0 Å². The quantitative estimate of drug-likeness (QED) is 0.565. The van der Waals surface area contributed by atoms with Gasteiger partial charge in [0, 0.05) is 13.6 Å². The second kappa shape index (κ2) is 3.87. The summed E-state index contributed by atoms with van der Waals surface area (Å²) in [5, 5.41) is 0. The monoisotopic (exact) mass is 338 g/mol. The van der Waals surface area contributed by atoms with E-state index >= 15 is 0 Å². The Hall–Kier alpha value is 0.1000. The van der Waals surface area contributed by atoms with E-state index in [2.05, 4.69) is 38.5 Å². The van der Waals surface area contributed by atoms with Gasteiger partial charge < -0.3 is 0 Å². The van der Waals surface area contributed by atoms with E-state index in [1.807, 2.05) is 19.1 Å². The second-order valence-corrected chi connectivity index (χ2v) is 4.69. The summed E-state index contributed by atoms with van der Waals surface area (Å²) >= 11 is 5.59. The molecule has 0 aromatic heterocycles. The normalized spacial score (nSPS) is 10.0. The van der Waals surface area contributed by atoms with Crippen LogP contribution in [-0.4, -0.2) is 5.78 Å². The van der Waals surface area contributed by atoms with Crippen LogP contribution in [0.2, 0.25) is 0 Å². The lowest BCUT2D eigenvalue weighted by Crippen LogP contribution is -1.97. The van der Waals surface area contributed by atoms with Crippen molar-refractivity contribution in [3.05, 3.63) is 31.3 Å². The van der Waals surface area contributed by atoms with Crippen molar-refractivity contribution >= 4 is 44.3 Å². The largest absolute Gasteiger partial charge is 0.294 e. The standard InChI is InChI=1S/C9H8BrIO/c1-5-8(6(2)12)3-7(10)4-9(5)11/h3-4H,1-2H3. The molecule has 0 atom stereocenters. The highest BCUT2D eigenvalue weighted by molar-refractivity contribution is 14.1. The summed E-state index contributed by atoms with van der Waals surface area (Å²) in [7, 11) is 0. The SMILES string of the molecule is CC(=O)c1cc(Br)cc(I)c1C. The Morgan fingerprint density at radius 1 is 1.50 bits per heavy atom. The Balaban J connectivity index is 3.37. The number of carbonyl (C=O) groups is 1. The molecule has 12 heavy (non-hydrogen) atoms. The molecule has 1 aromatic carbocycles. The molecule has 0 saturated heterocycles. The number of halogens is 2. The molecule has 64 valence electrons.